The van der Waals surface area contributed by atoms with Gasteiger partial charge in [-0.2, -0.15) is 0 Å². The van der Waals surface area contributed by atoms with Crippen molar-refractivity contribution < 1.29 is 14.3 Å². The average molecular weight is 507 g/mol. The van der Waals surface area contributed by atoms with E-state index in [9.17, 15) is 9.59 Å². The van der Waals surface area contributed by atoms with Crippen LogP contribution >= 0.6 is 0 Å². The predicted molar refractivity (Wildman–Crippen MR) is 144 cm³/mol. The summed E-state index contributed by atoms with van der Waals surface area (Å²) in [6.07, 6.45) is 7.96. The summed E-state index contributed by atoms with van der Waals surface area (Å²) in [6.45, 7) is 0. The number of methoxy groups -OCH3 is 1. The maximum absolute atomic E-state index is 13.5. The third-order valence-electron chi connectivity index (χ3n) is 6.90. The molecule has 0 spiro atoms. The average Bonchev–Trinajstić information content (AvgIpc) is 3.58. The van der Waals surface area contributed by atoms with Crippen molar-refractivity contribution in [2.45, 2.75) is 31.8 Å². The van der Waals surface area contributed by atoms with E-state index in [-0.39, 0.29) is 12.1 Å². The second-order valence-electron chi connectivity index (χ2n) is 9.27. The van der Waals surface area contributed by atoms with Gasteiger partial charge in [-0.25, -0.2) is 23.9 Å². The molecule has 1 aliphatic carbocycles. The molecule has 5 aromatic rings. The van der Waals surface area contributed by atoms with Gasteiger partial charge in [0.25, 0.3) is 5.91 Å². The maximum atomic E-state index is 13.5. The number of hydrogen-bond acceptors (Lipinski definition) is 6. The lowest BCUT2D eigenvalue weighted by atomic mass is 10.1. The lowest BCUT2D eigenvalue weighted by Crippen LogP contribution is -2.29. The quantitative estimate of drug-likeness (QED) is 0.312. The van der Waals surface area contributed by atoms with E-state index in [0.717, 1.165) is 28.5 Å². The first kappa shape index (κ1) is 23.7. The zero-order chi connectivity index (χ0) is 26.1. The molecule has 6 rings (SSSR count). The third-order valence-corrected chi connectivity index (χ3v) is 6.90. The van der Waals surface area contributed by atoms with Crippen molar-refractivity contribution in [3.63, 3.8) is 0 Å². The van der Waals surface area contributed by atoms with Gasteiger partial charge in [0.05, 0.1) is 24.2 Å². The number of nitrogens with zero attached hydrogens (tertiary/aromatic N) is 4. The number of aromatic nitrogens is 4. The molecule has 190 valence electrons. The Morgan fingerprint density at radius 2 is 1.53 bits per heavy atom. The fourth-order valence-electron chi connectivity index (χ4n) is 4.97. The Labute approximate surface area is 219 Å². The van der Waals surface area contributed by atoms with Crippen molar-refractivity contribution in [3.8, 4) is 28.6 Å². The van der Waals surface area contributed by atoms with Gasteiger partial charge in [-0.15, -0.1) is 0 Å². The van der Waals surface area contributed by atoms with Gasteiger partial charge in [0.2, 0.25) is 5.95 Å². The molecule has 1 fully saturated rings. The number of benzene rings is 3. The molecule has 3 aromatic carbocycles. The fourth-order valence-corrected chi connectivity index (χ4v) is 4.97. The first-order valence-corrected chi connectivity index (χ1v) is 12.6. The second-order valence-corrected chi connectivity index (χ2v) is 9.27. The van der Waals surface area contributed by atoms with Crippen molar-refractivity contribution in [1.29, 1.82) is 0 Å². The monoisotopic (exact) mass is 506 g/mol. The fraction of sp³-hybridized carbons (Fsp3) is 0.200. The summed E-state index contributed by atoms with van der Waals surface area (Å²) in [6, 6.07) is 21.6. The summed E-state index contributed by atoms with van der Waals surface area (Å²) in [5.41, 5.74) is 2.58. The number of ether oxygens (including phenoxy) is 2. The molecule has 0 aliphatic heterocycles. The standard InChI is InChI=1S/C30H26N4O4/c1-37-26-16-15-21(17-27(26)38-23-11-5-6-12-23)22-18-31-29(32-19-22)34-25-14-8-7-13-24(25)33(30(34)36)28(35)20-9-3-2-4-10-20/h2-4,7-10,13-19,23H,5-6,11-12H2,1H3. The molecule has 0 amide bonds. The Morgan fingerprint density at radius 3 is 2.24 bits per heavy atom. The van der Waals surface area contributed by atoms with Crippen molar-refractivity contribution in [3.05, 3.63) is 101 Å². The van der Waals surface area contributed by atoms with Gasteiger partial charge in [-0.05, 0) is 67.6 Å². The Morgan fingerprint density at radius 1 is 0.842 bits per heavy atom. The van der Waals surface area contributed by atoms with E-state index in [1.54, 1.807) is 62.0 Å². The topological polar surface area (TPSA) is 88.2 Å². The normalized spacial score (nSPS) is 13.6. The molecule has 0 atom stereocenters. The van der Waals surface area contributed by atoms with Crippen LogP contribution in [-0.2, 0) is 0 Å². The summed E-state index contributed by atoms with van der Waals surface area (Å²) in [7, 11) is 1.63. The van der Waals surface area contributed by atoms with Gasteiger partial charge in [0.1, 0.15) is 0 Å². The number of para-hydroxylation sites is 2. The largest absolute Gasteiger partial charge is 0.493 e. The molecule has 0 radical (unpaired) electrons. The predicted octanol–water partition coefficient (Wildman–Crippen LogP) is 5.27. The minimum atomic E-state index is -0.524. The first-order valence-electron chi connectivity index (χ1n) is 12.6. The highest BCUT2D eigenvalue weighted by molar-refractivity contribution is 6.01. The molecule has 38 heavy (non-hydrogen) atoms. The van der Waals surface area contributed by atoms with Crippen LogP contribution in [0.5, 0.6) is 11.5 Å². The maximum Gasteiger partial charge on any atom is 0.343 e. The highest BCUT2D eigenvalue weighted by atomic mass is 16.5. The van der Waals surface area contributed by atoms with E-state index in [4.69, 9.17) is 9.47 Å². The number of carbonyl (C=O) groups excluding carboxylic acids is 1. The molecule has 8 nitrogen and oxygen atoms in total. The molecular formula is C30H26N4O4. The number of hydrogen-bond donors (Lipinski definition) is 0. The van der Waals surface area contributed by atoms with Crippen LogP contribution in [0.15, 0.2) is 90.0 Å². The van der Waals surface area contributed by atoms with Crippen LogP contribution in [0, 0.1) is 0 Å². The Kier molecular flexibility index (Phi) is 6.21. The number of rotatable bonds is 6. The molecule has 2 aromatic heterocycles. The van der Waals surface area contributed by atoms with Crippen molar-refractivity contribution in [1.82, 2.24) is 19.1 Å². The lowest BCUT2D eigenvalue weighted by Gasteiger charge is -2.17. The summed E-state index contributed by atoms with van der Waals surface area (Å²) in [5.74, 6) is 1.15. The van der Waals surface area contributed by atoms with Gasteiger partial charge in [-0.1, -0.05) is 36.4 Å². The third kappa shape index (κ3) is 4.24. The van der Waals surface area contributed by atoms with Crippen LogP contribution in [0.3, 0.4) is 0 Å². The van der Waals surface area contributed by atoms with E-state index in [0.29, 0.717) is 28.1 Å². The van der Waals surface area contributed by atoms with E-state index in [1.807, 2.05) is 30.3 Å². The molecule has 0 unspecified atom stereocenters. The SMILES string of the molecule is COc1ccc(-c2cnc(-n3c(=O)n(C(=O)c4ccccc4)c4ccccc43)nc2)cc1OC1CCCC1. The van der Waals surface area contributed by atoms with Crippen LogP contribution in [0.2, 0.25) is 0 Å². The first-order chi connectivity index (χ1) is 18.6. The molecule has 2 heterocycles. The number of imidazole rings is 1. The molecule has 0 saturated heterocycles. The minimum absolute atomic E-state index is 0.186. The molecule has 1 aliphatic rings. The van der Waals surface area contributed by atoms with Crippen LogP contribution in [-0.4, -0.2) is 38.2 Å². The van der Waals surface area contributed by atoms with Gasteiger partial charge in [0.15, 0.2) is 11.5 Å². The van der Waals surface area contributed by atoms with Gasteiger partial charge < -0.3 is 9.47 Å². The Bertz CT molecular complexity index is 1670. The van der Waals surface area contributed by atoms with Crippen LogP contribution < -0.4 is 15.2 Å². The van der Waals surface area contributed by atoms with E-state index < -0.39 is 11.6 Å². The second kappa shape index (κ2) is 9.97. The minimum Gasteiger partial charge on any atom is -0.493 e. The number of fused-ring (bicyclic) bond motifs is 1. The summed E-state index contributed by atoms with van der Waals surface area (Å²) >= 11 is 0. The molecule has 0 N–H and O–H groups in total. The molecule has 8 heteroatoms. The smallest absolute Gasteiger partial charge is 0.343 e. The summed E-state index contributed by atoms with van der Waals surface area (Å²) in [5, 5.41) is 0. The Hall–Kier alpha value is -4.72. The summed E-state index contributed by atoms with van der Waals surface area (Å²) in [4.78, 5) is 35.8. The highest BCUT2D eigenvalue weighted by Gasteiger charge is 2.22. The molecule has 1 saturated carbocycles. The van der Waals surface area contributed by atoms with Crippen molar-refractivity contribution in [2.24, 2.45) is 0 Å². The van der Waals surface area contributed by atoms with Gasteiger partial charge in [0, 0.05) is 23.5 Å². The molecular weight excluding hydrogens is 480 g/mol. The van der Waals surface area contributed by atoms with Crippen molar-refractivity contribution >= 4 is 16.9 Å². The lowest BCUT2D eigenvalue weighted by molar-refractivity contribution is 0.0960. The van der Waals surface area contributed by atoms with Gasteiger partial charge >= 0.3 is 5.69 Å². The Balaban J connectivity index is 1.37. The van der Waals surface area contributed by atoms with E-state index in [1.165, 1.54) is 17.4 Å². The number of carbonyl (C=O) groups is 1. The van der Waals surface area contributed by atoms with Crippen LogP contribution in [0.25, 0.3) is 28.1 Å². The zero-order valence-electron chi connectivity index (χ0n) is 20.9. The van der Waals surface area contributed by atoms with Crippen LogP contribution in [0.1, 0.15) is 36.0 Å². The van der Waals surface area contributed by atoms with Crippen molar-refractivity contribution in [2.75, 3.05) is 7.11 Å². The highest BCUT2D eigenvalue weighted by Crippen LogP contribution is 2.35. The summed E-state index contributed by atoms with van der Waals surface area (Å²) < 4.78 is 14.3. The van der Waals surface area contributed by atoms with E-state index >= 15 is 0 Å². The van der Waals surface area contributed by atoms with E-state index in [2.05, 4.69) is 9.97 Å². The zero-order valence-corrected chi connectivity index (χ0v) is 20.9. The van der Waals surface area contributed by atoms with Gasteiger partial charge in [-0.3, -0.25) is 4.79 Å². The molecule has 0 bridgehead atoms. The van der Waals surface area contributed by atoms with Crippen LogP contribution in [0.4, 0.5) is 0 Å².